The molecule has 0 aliphatic rings. The zero-order chi connectivity index (χ0) is 22.2. The monoisotopic (exact) mass is 414 g/mol. The summed E-state index contributed by atoms with van der Waals surface area (Å²) in [6.45, 7) is 3.41. The van der Waals surface area contributed by atoms with Gasteiger partial charge >= 0.3 is 0 Å². The minimum absolute atomic E-state index is 0.00452. The first kappa shape index (κ1) is 22.1. The van der Waals surface area contributed by atoms with E-state index < -0.39 is 0 Å². The molecule has 0 bridgehead atoms. The Kier molecular flexibility index (Phi) is 7.44. The van der Waals surface area contributed by atoms with Crippen LogP contribution < -0.4 is 10.6 Å². The molecule has 0 aliphatic heterocycles. The standard InChI is InChI=1S/C26H30N4O/c1-19-7-5-9-23(15-19)24-10-6-8-21(16-24)18-29-26(27-2)28-17-20-11-13-22(14-12-20)25(31)30(3)4/h5-16H,17-18H2,1-4H3,(H2,27,28,29). The molecule has 0 fully saturated rings. The van der Waals surface area contributed by atoms with E-state index in [1.54, 1.807) is 26.0 Å². The summed E-state index contributed by atoms with van der Waals surface area (Å²) in [5.41, 5.74) is 6.64. The zero-order valence-corrected chi connectivity index (χ0v) is 18.6. The van der Waals surface area contributed by atoms with Crippen LogP contribution >= 0.6 is 0 Å². The van der Waals surface area contributed by atoms with E-state index in [1.165, 1.54) is 22.3 Å². The van der Waals surface area contributed by atoms with Crippen LogP contribution in [0.4, 0.5) is 0 Å². The zero-order valence-electron chi connectivity index (χ0n) is 18.6. The Morgan fingerprint density at radius 1 is 0.839 bits per heavy atom. The molecule has 0 spiro atoms. The van der Waals surface area contributed by atoms with Crippen molar-refractivity contribution >= 4 is 11.9 Å². The van der Waals surface area contributed by atoms with Gasteiger partial charge in [0.15, 0.2) is 5.96 Å². The summed E-state index contributed by atoms with van der Waals surface area (Å²) in [7, 11) is 5.27. The predicted molar refractivity (Wildman–Crippen MR) is 128 cm³/mol. The highest BCUT2D eigenvalue weighted by atomic mass is 16.2. The van der Waals surface area contributed by atoms with Gasteiger partial charge in [-0.15, -0.1) is 0 Å². The number of carbonyl (C=O) groups excluding carboxylic acids is 1. The minimum atomic E-state index is 0.00452. The number of nitrogens with zero attached hydrogens (tertiary/aromatic N) is 2. The van der Waals surface area contributed by atoms with Gasteiger partial charge in [-0.1, -0.05) is 60.2 Å². The van der Waals surface area contributed by atoms with Crippen LogP contribution in [-0.2, 0) is 13.1 Å². The van der Waals surface area contributed by atoms with E-state index in [9.17, 15) is 4.79 Å². The molecule has 0 atom stereocenters. The van der Waals surface area contributed by atoms with Crippen LogP contribution in [-0.4, -0.2) is 37.9 Å². The Balaban J connectivity index is 1.56. The van der Waals surface area contributed by atoms with Crippen molar-refractivity contribution in [1.82, 2.24) is 15.5 Å². The quantitative estimate of drug-likeness (QED) is 0.469. The minimum Gasteiger partial charge on any atom is -0.352 e. The first-order valence-corrected chi connectivity index (χ1v) is 10.4. The second-order valence-electron chi connectivity index (χ2n) is 7.75. The third-order valence-corrected chi connectivity index (χ3v) is 5.03. The maximum Gasteiger partial charge on any atom is 0.253 e. The molecule has 0 saturated heterocycles. The Labute approximate surface area is 184 Å². The van der Waals surface area contributed by atoms with Crippen molar-refractivity contribution < 1.29 is 4.79 Å². The molecule has 5 nitrogen and oxygen atoms in total. The second-order valence-corrected chi connectivity index (χ2v) is 7.75. The van der Waals surface area contributed by atoms with E-state index in [1.807, 2.05) is 24.3 Å². The topological polar surface area (TPSA) is 56.7 Å². The number of nitrogens with one attached hydrogen (secondary N) is 2. The third-order valence-electron chi connectivity index (χ3n) is 5.03. The van der Waals surface area contributed by atoms with Gasteiger partial charge < -0.3 is 15.5 Å². The molecule has 0 unspecified atom stereocenters. The number of amides is 1. The number of aryl methyl sites for hydroxylation is 1. The van der Waals surface area contributed by atoms with E-state index >= 15 is 0 Å². The fourth-order valence-electron chi connectivity index (χ4n) is 3.30. The van der Waals surface area contributed by atoms with Crippen molar-refractivity contribution in [2.45, 2.75) is 20.0 Å². The molecule has 0 heterocycles. The van der Waals surface area contributed by atoms with Gasteiger partial charge in [0.2, 0.25) is 0 Å². The Bertz CT molecular complexity index is 1060. The van der Waals surface area contributed by atoms with Crippen LogP contribution in [0.3, 0.4) is 0 Å². The molecule has 5 heteroatoms. The van der Waals surface area contributed by atoms with Crippen LogP contribution in [0.15, 0.2) is 77.8 Å². The average Bonchev–Trinajstić information content (AvgIpc) is 2.79. The van der Waals surface area contributed by atoms with Crippen molar-refractivity contribution in [2.75, 3.05) is 21.1 Å². The van der Waals surface area contributed by atoms with E-state index in [0.717, 1.165) is 11.5 Å². The molecule has 3 aromatic carbocycles. The van der Waals surface area contributed by atoms with E-state index in [-0.39, 0.29) is 5.91 Å². The molecule has 0 radical (unpaired) electrons. The Morgan fingerprint density at radius 2 is 1.45 bits per heavy atom. The van der Waals surface area contributed by atoms with Crippen molar-refractivity contribution in [1.29, 1.82) is 0 Å². The lowest BCUT2D eigenvalue weighted by Crippen LogP contribution is -2.36. The van der Waals surface area contributed by atoms with Gasteiger partial charge in [-0.3, -0.25) is 9.79 Å². The largest absolute Gasteiger partial charge is 0.352 e. The highest BCUT2D eigenvalue weighted by Gasteiger charge is 2.07. The van der Waals surface area contributed by atoms with Crippen molar-refractivity contribution in [3.8, 4) is 11.1 Å². The number of benzene rings is 3. The first-order valence-electron chi connectivity index (χ1n) is 10.4. The average molecular weight is 415 g/mol. The summed E-state index contributed by atoms with van der Waals surface area (Å²) >= 11 is 0. The van der Waals surface area contributed by atoms with Gasteiger partial charge in [0.25, 0.3) is 5.91 Å². The van der Waals surface area contributed by atoms with Crippen LogP contribution in [0.2, 0.25) is 0 Å². The lowest BCUT2D eigenvalue weighted by Gasteiger charge is -2.14. The van der Waals surface area contributed by atoms with E-state index in [0.29, 0.717) is 18.7 Å². The van der Waals surface area contributed by atoms with Gasteiger partial charge in [-0.25, -0.2) is 0 Å². The summed E-state index contributed by atoms with van der Waals surface area (Å²) < 4.78 is 0. The predicted octanol–water partition coefficient (Wildman–Crippen LogP) is 4.23. The number of guanidine groups is 1. The summed E-state index contributed by atoms with van der Waals surface area (Å²) in [6.07, 6.45) is 0. The second kappa shape index (κ2) is 10.4. The van der Waals surface area contributed by atoms with Crippen LogP contribution in [0.5, 0.6) is 0 Å². The van der Waals surface area contributed by atoms with Crippen LogP contribution in [0.25, 0.3) is 11.1 Å². The summed E-state index contributed by atoms with van der Waals surface area (Å²) in [4.78, 5) is 17.9. The smallest absolute Gasteiger partial charge is 0.253 e. The molecule has 3 aromatic rings. The van der Waals surface area contributed by atoms with Gasteiger partial charge in [-0.2, -0.15) is 0 Å². The number of hydrogen-bond acceptors (Lipinski definition) is 2. The van der Waals surface area contributed by atoms with Gasteiger partial charge in [0.05, 0.1) is 0 Å². The van der Waals surface area contributed by atoms with Crippen molar-refractivity contribution in [2.24, 2.45) is 4.99 Å². The fourth-order valence-corrected chi connectivity index (χ4v) is 3.30. The highest BCUT2D eigenvalue weighted by molar-refractivity contribution is 5.93. The molecule has 31 heavy (non-hydrogen) atoms. The Morgan fingerprint density at radius 3 is 2.06 bits per heavy atom. The number of hydrogen-bond donors (Lipinski definition) is 2. The lowest BCUT2D eigenvalue weighted by atomic mass is 10.0. The SMILES string of the molecule is CN=C(NCc1ccc(C(=O)N(C)C)cc1)NCc1cccc(-c2cccc(C)c2)c1. The summed E-state index contributed by atoms with van der Waals surface area (Å²) in [6, 6.07) is 24.7. The molecular weight excluding hydrogens is 384 g/mol. The molecular formula is C26H30N4O. The summed E-state index contributed by atoms with van der Waals surface area (Å²) in [5.74, 6) is 0.735. The van der Waals surface area contributed by atoms with Crippen molar-refractivity contribution in [3.05, 3.63) is 95.1 Å². The van der Waals surface area contributed by atoms with Crippen LogP contribution in [0, 0.1) is 6.92 Å². The molecule has 1 amide bonds. The molecule has 2 N–H and O–H groups in total. The lowest BCUT2D eigenvalue weighted by molar-refractivity contribution is 0.0827. The normalized spacial score (nSPS) is 11.2. The summed E-state index contributed by atoms with van der Waals surface area (Å²) in [5, 5.41) is 6.69. The van der Waals surface area contributed by atoms with E-state index in [4.69, 9.17) is 0 Å². The molecule has 0 aromatic heterocycles. The molecule has 3 rings (SSSR count). The number of rotatable bonds is 6. The molecule has 160 valence electrons. The van der Waals surface area contributed by atoms with Gasteiger partial charge in [-0.05, 0) is 47.4 Å². The highest BCUT2D eigenvalue weighted by Crippen LogP contribution is 2.21. The number of carbonyl (C=O) groups is 1. The maximum atomic E-state index is 12.0. The van der Waals surface area contributed by atoms with Crippen molar-refractivity contribution in [3.63, 3.8) is 0 Å². The first-order chi connectivity index (χ1) is 15.0. The maximum absolute atomic E-state index is 12.0. The molecule has 0 aliphatic carbocycles. The Hall–Kier alpha value is -3.60. The molecule has 0 saturated carbocycles. The van der Waals surface area contributed by atoms with E-state index in [2.05, 4.69) is 71.1 Å². The number of aliphatic imine (C=N–C) groups is 1. The van der Waals surface area contributed by atoms with Gasteiger partial charge in [0.1, 0.15) is 0 Å². The van der Waals surface area contributed by atoms with Crippen LogP contribution in [0.1, 0.15) is 27.0 Å². The van der Waals surface area contributed by atoms with Gasteiger partial charge in [0, 0.05) is 39.8 Å². The fraction of sp³-hybridized carbons (Fsp3) is 0.231. The third kappa shape index (κ3) is 6.19.